The van der Waals surface area contributed by atoms with E-state index in [2.05, 4.69) is 26.6 Å². The van der Waals surface area contributed by atoms with Gasteiger partial charge in [0.15, 0.2) is 0 Å². The van der Waals surface area contributed by atoms with Gasteiger partial charge in [0.05, 0.1) is 25.2 Å². The number of nitrogens with one attached hydrogen (secondary N) is 5. The number of hydrogen-bond donors (Lipinski definition) is 6. The lowest BCUT2D eigenvalue weighted by Crippen LogP contribution is -2.61. The van der Waals surface area contributed by atoms with Crippen molar-refractivity contribution in [1.29, 1.82) is 0 Å². The number of piperidine rings is 1. The first-order chi connectivity index (χ1) is 44.4. The molecular weight excluding hydrogens is 1220 g/mol. The number of phenolic OH excluding ortho intramolecular Hbond substituents is 1. The Labute approximate surface area is 561 Å². The van der Waals surface area contributed by atoms with Crippen LogP contribution in [-0.4, -0.2) is 245 Å². The molecule has 0 bridgehead atoms. The predicted octanol–water partition coefficient (Wildman–Crippen LogP) is 2.62. The molecule has 26 nitrogen and oxygen atoms in total. The van der Waals surface area contributed by atoms with E-state index in [1.54, 1.807) is 75.1 Å². The van der Waals surface area contributed by atoms with E-state index in [-0.39, 0.29) is 49.9 Å². The largest absolute Gasteiger partial charge is 0.508 e. The zero-order chi connectivity index (χ0) is 71.5. The van der Waals surface area contributed by atoms with Gasteiger partial charge in [-0.3, -0.25) is 57.5 Å². The Kier molecular flexibility index (Phi) is 30.1. The highest BCUT2D eigenvalue weighted by Crippen LogP contribution is 2.22. The standard InChI is InChI=1S/C69H108N12O14/c1-19-43(6)58-68(94)80(18)54(35-42(4)5)61(87)71-50(36-48-28-30-49(82)31-29-48)65(91)75(13)39-57(84)76(14)45(8)59(85)73-52(40-95-69(10,11)12)66(92)77(15)46(9)64(90)79(17)53(34-41(2)3)60(86)72-51(67(93)81-32-24-21-25-33-81)38-56(83)70-44(7)63(89)78(16)55(62(88)74-58)37-47-26-22-20-23-27-47/h20,22-23,26-31,41-46,50-55,58,82H,19,21,24-25,32-40H2,1-18H3,(H,70,83)(H,71,87)(H,72,86)(H,73,85)(H,74,88)/t43-,44+,45-,46-,50-,51-,52-,53-,54-,55-,58-/m0/s1. The lowest BCUT2D eigenvalue weighted by Gasteiger charge is -2.36. The van der Waals surface area contributed by atoms with E-state index in [0.717, 1.165) is 21.1 Å². The molecule has 0 aromatic heterocycles. The smallest absolute Gasteiger partial charge is 0.247 e. The zero-order valence-corrected chi connectivity index (χ0v) is 59.3. The Morgan fingerprint density at radius 3 is 1.62 bits per heavy atom. The minimum absolute atomic E-state index is 0.0441. The second-order valence-corrected chi connectivity index (χ2v) is 27.6. The third kappa shape index (κ3) is 23.0. The van der Waals surface area contributed by atoms with Gasteiger partial charge in [-0.15, -0.1) is 0 Å². The molecule has 528 valence electrons. The molecule has 2 heterocycles. The number of carbonyl (C=O) groups excluding carboxylic acids is 12. The molecule has 6 N–H and O–H groups in total. The van der Waals surface area contributed by atoms with Crippen molar-refractivity contribution in [3.63, 3.8) is 0 Å². The van der Waals surface area contributed by atoms with Crippen molar-refractivity contribution in [3.8, 4) is 5.75 Å². The van der Waals surface area contributed by atoms with Crippen LogP contribution in [0, 0.1) is 17.8 Å². The average Bonchev–Trinajstić information content (AvgIpc) is 0.850. The van der Waals surface area contributed by atoms with E-state index >= 15 is 9.59 Å². The molecule has 2 saturated heterocycles. The van der Waals surface area contributed by atoms with Gasteiger partial charge in [-0.05, 0) is 115 Å². The van der Waals surface area contributed by atoms with Crippen LogP contribution >= 0.6 is 0 Å². The summed E-state index contributed by atoms with van der Waals surface area (Å²) in [6.45, 7) is 20.2. The second kappa shape index (κ2) is 36.1. The van der Waals surface area contributed by atoms with Gasteiger partial charge in [0, 0.05) is 68.2 Å². The summed E-state index contributed by atoms with van der Waals surface area (Å²) in [4.78, 5) is 184. The fourth-order valence-corrected chi connectivity index (χ4v) is 11.4. The maximum atomic E-state index is 15.1. The highest BCUT2D eigenvalue weighted by molar-refractivity contribution is 6.00. The summed E-state index contributed by atoms with van der Waals surface area (Å²) in [6, 6.07) is 1.59. The summed E-state index contributed by atoms with van der Waals surface area (Å²) in [5.41, 5.74) is 0.340. The fraction of sp³-hybridized carbons (Fsp3) is 0.652. The fourth-order valence-electron chi connectivity index (χ4n) is 11.4. The number of likely N-dealkylation sites (N-methyl/N-ethyl adjacent to an activating group) is 6. The Morgan fingerprint density at radius 2 is 1.07 bits per heavy atom. The van der Waals surface area contributed by atoms with Gasteiger partial charge in [-0.25, -0.2) is 0 Å². The Morgan fingerprint density at radius 1 is 0.558 bits per heavy atom. The van der Waals surface area contributed by atoms with Gasteiger partial charge in [0.2, 0.25) is 70.9 Å². The van der Waals surface area contributed by atoms with Crippen molar-refractivity contribution >= 4 is 70.9 Å². The highest BCUT2D eigenvalue weighted by atomic mass is 16.5. The molecule has 0 radical (unpaired) electrons. The normalized spacial score (nSPS) is 25.7. The minimum Gasteiger partial charge on any atom is -0.508 e. The summed E-state index contributed by atoms with van der Waals surface area (Å²) in [6.07, 6.45) is 1.95. The van der Waals surface area contributed by atoms with Crippen LogP contribution in [0.15, 0.2) is 54.6 Å². The first kappa shape index (κ1) is 79.3. The molecule has 0 unspecified atom stereocenters. The third-order valence-corrected chi connectivity index (χ3v) is 17.9. The van der Waals surface area contributed by atoms with Crippen LogP contribution in [0.1, 0.15) is 139 Å². The second-order valence-electron chi connectivity index (χ2n) is 27.6. The van der Waals surface area contributed by atoms with Crippen LogP contribution in [0.4, 0.5) is 0 Å². The van der Waals surface area contributed by atoms with Gasteiger partial charge >= 0.3 is 0 Å². The van der Waals surface area contributed by atoms with Crippen molar-refractivity contribution in [3.05, 3.63) is 65.7 Å². The molecular formula is C69H108N12O14. The number of benzene rings is 2. The Bertz CT molecular complexity index is 2990. The molecule has 2 aliphatic rings. The summed E-state index contributed by atoms with van der Waals surface area (Å²) in [5, 5.41) is 24.1. The number of nitrogens with zero attached hydrogens (tertiary/aromatic N) is 7. The molecule has 0 aliphatic carbocycles. The summed E-state index contributed by atoms with van der Waals surface area (Å²) >= 11 is 0. The highest BCUT2D eigenvalue weighted by Gasteiger charge is 2.42. The van der Waals surface area contributed by atoms with Gasteiger partial charge in [0.25, 0.3) is 0 Å². The first-order valence-electron chi connectivity index (χ1n) is 33.2. The number of hydrogen-bond acceptors (Lipinski definition) is 14. The van der Waals surface area contributed by atoms with Gasteiger partial charge in [-0.1, -0.05) is 90.4 Å². The van der Waals surface area contributed by atoms with E-state index < -0.39 is 156 Å². The zero-order valence-electron chi connectivity index (χ0n) is 59.3. The van der Waals surface area contributed by atoms with E-state index in [9.17, 15) is 53.1 Å². The first-order valence-corrected chi connectivity index (χ1v) is 33.2. The number of aromatic hydroxyl groups is 1. The number of likely N-dealkylation sites (tertiary alicyclic amines) is 1. The molecule has 0 spiro atoms. The number of ether oxygens (including phenoxy) is 1. The van der Waals surface area contributed by atoms with Gasteiger partial charge in [0.1, 0.15) is 66.2 Å². The van der Waals surface area contributed by atoms with E-state index in [1.807, 2.05) is 34.6 Å². The van der Waals surface area contributed by atoms with Crippen molar-refractivity contribution in [1.82, 2.24) is 60.9 Å². The summed E-state index contributed by atoms with van der Waals surface area (Å²) < 4.78 is 6.03. The molecule has 12 amide bonds. The Balaban J connectivity index is 1.90. The molecule has 11 atom stereocenters. The monoisotopic (exact) mass is 1330 g/mol. The maximum absolute atomic E-state index is 15.1. The summed E-state index contributed by atoms with van der Waals surface area (Å²) in [5.74, 6) is -9.69. The van der Waals surface area contributed by atoms with Crippen LogP contribution in [0.5, 0.6) is 5.75 Å². The molecule has 26 heteroatoms. The van der Waals surface area contributed by atoms with Gasteiger partial charge in [-0.2, -0.15) is 0 Å². The van der Waals surface area contributed by atoms with Crippen molar-refractivity contribution in [2.24, 2.45) is 17.8 Å². The minimum atomic E-state index is -1.47. The topological polar surface area (TPSA) is 317 Å². The van der Waals surface area contributed by atoms with Gasteiger partial charge < -0.3 is 70.7 Å². The lowest BCUT2D eigenvalue weighted by atomic mass is 9.94. The third-order valence-electron chi connectivity index (χ3n) is 17.9. The number of carbonyl (C=O) groups is 12. The van der Waals surface area contributed by atoms with E-state index in [1.165, 1.54) is 89.9 Å². The van der Waals surface area contributed by atoms with Crippen molar-refractivity contribution < 1.29 is 67.4 Å². The van der Waals surface area contributed by atoms with Crippen LogP contribution in [0.25, 0.3) is 0 Å². The van der Waals surface area contributed by atoms with Crippen molar-refractivity contribution in [2.75, 3.05) is 68.5 Å². The molecule has 2 aromatic rings. The Hall–Kier alpha value is -8.16. The molecule has 2 aliphatic heterocycles. The number of amides is 12. The van der Waals surface area contributed by atoms with E-state index in [0.29, 0.717) is 43.5 Å². The lowest BCUT2D eigenvalue weighted by molar-refractivity contribution is -0.151. The average molecular weight is 1330 g/mol. The van der Waals surface area contributed by atoms with E-state index in [4.69, 9.17) is 4.74 Å². The number of phenols is 1. The van der Waals surface area contributed by atoms with Crippen LogP contribution in [-0.2, 0) is 75.1 Å². The molecule has 4 rings (SSSR count). The van der Waals surface area contributed by atoms with Crippen LogP contribution < -0.4 is 26.6 Å². The maximum Gasteiger partial charge on any atom is 0.247 e. The van der Waals surface area contributed by atoms with Crippen molar-refractivity contribution in [2.45, 2.75) is 207 Å². The number of rotatable bonds is 13. The molecule has 2 aromatic carbocycles. The summed E-state index contributed by atoms with van der Waals surface area (Å²) in [7, 11) is 8.24. The van der Waals surface area contributed by atoms with Crippen LogP contribution in [0.3, 0.4) is 0 Å². The quantitative estimate of drug-likeness (QED) is 0.168. The molecule has 2 fully saturated rings. The van der Waals surface area contributed by atoms with Crippen LogP contribution in [0.2, 0.25) is 0 Å². The molecule has 95 heavy (non-hydrogen) atoms. The SMILES string of the molecule is CC[C@H](C)[C@@H]1NC(=O)[C@H](Cc2ccccc2)N(C)C(=O)[C@@H](C)NC(=O)C[C@@H](C(=O)N2CCCCC2)NC(=O)[C@H](CC(C)C)N(C)C(=O)[C@H](C)N(C)C(=O)[C@H](COC(C)(C)C)NC(=O)[C@H](C)N(C)C(=O)CN(C)C(=O)[C@H](Cc2ccc(O)cc2)NC(=O)[C@H](CC(C)C)N(C)C1=O. The molecule has 0 saturated carbocycles. The predicted molar refractivity (Wildman–Crippen MR) is 358 cm³/mol.